The highest BCUT2D eigenvalue weighted by Gasteiger charge is 2.10. The van der Waals surface area contributed by atoms with Crippen molar-refractivity contribution in [3.05, 3.63) is 29.8 Å². The molecule has 90 valence electrons. The van der Waals surface area contributed by atoms with E-state index in [0.717, 1.165) is 0 Å². The second kappa shape index (κ2) is 7.31. The molecule has 1 N–H and O–H groups in total. The number of carbonyl (C=O) groups is 1. The van der Waals surface area contributed by atoms with Gasteiger partial charge in [0.2, 0.25) is 0 Å². The lowest BCUT2D eigenvalue weighted by Gasteiger charge is -2.10. The van der Waals surface area contributed by atoms with Crippen LogP contribution in [0.2, 0.25) is 0 Å². The number of terminal acetylenes is 1. The first-order valence-electron chi connectivity index (χ1n) is 5.22. The summed E-state index contributed by atoms with van der Waals surface area (Å²) >= 11 is 0. The molecule has 0 radical (unpaired) electrons. The lowest BCUT2D eigenvalue weighted by molar-refractivity contribution is 0.0951. The van der Waals surface area contributed by atoms with Crippen LogP contribution in [0.3, 0.4) is 0 Å². The number of hydrogen-bond acceptors (Lipinski definition) is 3. The van der Waals surface area contributed by atoms with Crippen LogP contribution in [-0.2, 0) is 4.74 Å². The van der Waals surface area contributed by atoms with Crippen molar-refractivity contribution < 1.29 is 14.3 Å². The Morgan fingerprint density at radius 3 is 2.88 bits per heavy atom. The molecule has 1 rings (SSSR count). The van der Waals surface area contributed by atoms with Gasteiger partial charge in [0, 0.05) is 7.11 Å². The summed E-state index contributed by atoms with van der Waals surface area (Å²) < 4.78 is 10.3. The predicted octanol–water partition coefficient (Wildman–Crippen LogP) is 1.07. The second-order valence-corrected chi connectivity index (χ2v) is 3.22. The monoisotopic (exact) mass is 233 g/mol. The summed E-state index contributed by atoms with van der Waals surface area (Å²) in [7, 11) is 1.59. The summed E-state index contributed by atoms with van der Waals surface area (Å²) in [6.07, 6.45) is 5.08. The minimum atomic E-state index is -0.240. The van der Waals surface area contributed by atoms with Crippen molar-refractivity contribution >= 4 is 5.91 Å². The number of amides is 1. The molecule has 0 unspecified atom stereocenters. The van der Waals surface area contributed by atoms with Gasteiger partial charge in [-0.3, -0.25) is 4.79 Å². The third kappa shape index (κ3) is 4.17. The van der Waals surface area contributed by atoms with E-state index in [9.17, 15) is 4.79 Å². The summed E-state index contributed by atoms with van der Waals surface area (Å²) in [6, 6.07) is 7.00. The molecule has 17 heavy (non-hydrogen) atoms. The van der Waals surface area contributed by atoms with Crippen molar-refractivity contribution in [2.75, 3.05) is 26.9 Å². The van der Waals surface area contributed by atoms with Gasteiger partial charge in [-0.15, -0.1) is 6.42 Å². The fourth-order valence-electron chi connectivity index (χ4n) is 1.24. The van der Waals surface area contributed by atoms with Crippen molar-refractivity contribution in [1.82, 2.24) is 5.32 Å². The van der Waals surface area contributed by atoms with Gasteiger partial charge >= 0.3 is 0 Å². The van der Waals surface area contributed by atoms with Gasteiger partial charge in [0.25, 0.3) is 5.91 Å². The number of para-hydroxylation sites is 1. The van der Waals surface area contributed by atoms with E-state index >= 15 is 0 Å². The van der Waals surface area contributed by atoms with Crippen molar-refractivity contribution in [3.63, 3.8) is 0 Å². The zero-order valence-corrected chi connectivity index (χ0v) is 9.73. The van der Waals surface area contributed by atoms with Crippen LogP contribution < -0.4 is 10.1 Å². The average Bonchev–Trinajstić information content (AvgIpc) is 2.37. The number of hydrogen-bond donors (Lipinski definition) is 1. The van der Waals surface area contributed by atoms with E-state index in [-0.39, 0.29) is 12.5 Å². The van der Waals surface area contributed by atoms with Crippen LogP contribution in [0.5, 0.6) is 5.75 Å². The minimum Gasteiger partial charge on any atom is -0.490 e. The molecule has 0 aromatic heterocycles. The predicted molar refractivity (Wildman–Crippen MR) is 65.0 cm³/mol. The summed E-state index contributed by atoms with van der Waals surface area (Å²) in [5, 5.41) is 2.59. The zero-order valence-electron chi connectivity index (χ0n) is 9.73. The molecule has 4 heteroatoms. The van der Waals surface area contributed by atoms with Gasteiger partial charge in [-0.25, -0.2) is 0 Å². The van der Waals surface area contributed by atoms with E-state index in [1.807, 2.05) is 0 Å². The molecule has 0 aliphatic heterocycles. The first-order chi connectivity index (χ1) is 8.29. The number of ether oxygens (including phenoxy) is 2. The minimum absolute atomic E-state index is 0.200. The molecule has 0 fully saturated rings. The molecule has 0 saturated heterocycles. The van der Waals surface area contributed by atoms with Crippen LogP contribution in [-0.4, -0.2) is 32.8 Å². The Balaban J connectivity index is 2.70. The quantitative estimate of drug-likeness (QED) is 0.590. The molecular weight excluding hydrogens is 218 g/mol. The van der Waals surface area contributed by atoms with Crippen LogP contribution in [0.15, 0.2) is 24.3 Å². The van der Waals surface area contributed by atoms with Gasteiger partial charge in [-0.2, -0.15) is 0 Å². The average molecular weight is 233 g/mol. The highest BCUT2D eigenvalue weighted by atomic mass is 16.5. The van der Waals surface area contributed by atoms with E-state index < -0.39 is 0 Å². The first-order valence-corrected chi connectivity index (χ1v) is 5.22. The summed E-state index contributed by atoms with van der Waals surface area (Å²) in [6.45, 7) is 1.07. The Labute approximate surface area is 101 Å². The van der Waals surface area contributed by atoms with Crippen LogP contribution in [0.1, 0.15) is 10.4 Å². The van der Waals surface area contributed by atoms with E-state index in [4.69, 9.17) is 15.9 Å². The Kier molecular flexibility index (Phi) is 5.62. The van der Waals surface area contributed by atoms with Crippen molar-refractivity contribution in [2.45, 2.75) is 0 Å². The molecule has 0 atom stereocenters. The highest BCUT2D eigenvalue weighted by molar-refractivity contribution is 5.97. The van der Waals surface area contributed by atoms with E-state index in [2.05, 4.69) is 11.2 Å². The van der Waals surface area contributed by atoms with Crippen LogP contribution in [0.25, 0.3) is 0 Å². The third-order valence-corrected chi connectivity index (χ3v) is 2.03. The molecule has 4 nitrogen and oxygen atoms in total. The lowest BCUT2D eigenvalue weighted by Crippen LogP contribution is -2.24. The maximum absolute atomic E-state index is 11.7. The van der Waals surface area contributed by atoms with Crippen LogP contribution >= 0.6 is 0 Å². The Morgan fingerprint density at radius 1 is 1.41 bits per heavy atom. The molecule has 1 aromatic rings. The lowest BCUT2D eigenvalue weighted by atomic mass is 10.2. The fourth-order valence-corrected chi connectivity index (χ4v) is 1.24. The number of nitrogens with one attached hydrogen (secondary N) is 1. The van der Waals surface area contributed by atoms with Gasteiger partial charge < -0.3 is 14.8 Å². The SMILES string of the molecule is C#CCNC(=O)c1ccccc1OCCOC. The normalized spacial score (nSPS) is 9.41. The van der Waals surface area contributed by atoms with E-state index in [1.165, 1.54) is 0 Å². The molecule has 0 aliphatic rings. The van der Waals surface area contributed by atoms with Gasteiger partial charge in [-0.1, -0.05) is 18.1 Å². The maximum atomic E-state index is 11.7. The van der Waals surface area contributed by atoms with E-state index in [1.54, 1.807) is 31.4 Å². The number of rotatable bonds is 6. The topological polar surface area (TPSA) is 47.6 Å². The molecule has 0 spiro atoms. The van der Waals surface area contributed by atoms with E-state index in [0.29, 0.717) is 24.5 Å². The van der Waals surface area contributed by atoms with Crippen molar-refractivity contribution in [3.8, 4) is 18.1 Å². The second-order valence-electron chi connectivity index (χ2n) is 3.22. The Morgan fingerprint density at radius 2 is 2.18 bits per heavy atom. The summed E-state index contributed by atoms with van der Waals surface area (Å²) in [4.78, 5) is 11.7. The zero-order chi connectivity index (χ0) is 12.5. The van der Waals surface area contributed by atoms with Crippen molar-refractivity contribution in [1.29, 1.82) is 0 Å². The smallest absolute Gasteiger partial charge is 0.255 e. The van der Waals surface area contributed by atoms with Gasteiger partial charge in [0.15, 0.2) is 0 Å². The molecule has 1 amide bonds. The van der Waals surface area contributed by atoms with Crippen LogP contribution in [0.4, 0.5) is 0 Å². The molecule has 1 aromatic carbocycles. The first kappa shape index (κ1) is 13.1. The number of methoxy groups -OCH3 is 1. The number of carbonyl (C=O) groups excluding carboxylic acids is 1. The highest BCUT2D eigenvalue weighted by Crippen LogP contribution is 2.17. The summed E-state index contributed by atoms with van der Waals surface area (Å²) in [5.74, 6) is 2.63. The Bertz CT molecular complexity index is 409. The molecule has 0 aliphatic carbocycles. The number of benzene rings is 1. The molecule has 0 bridgehead atoms. The van der Waals surface area contributed by atoms with Crippen LogP contribution in [0, 0.1) is 12.3 Å². The van der Waals surface area contributed by atoms with Gasteiger partial charge in [-0.05, 0) is 12.1 Å². The van der Waals surface area contributed by atoms with Crippen molar-refractivity contribution in [2.24, 2.45) is 0 Å². The third-order valence-electron chi connectivity index (χ3n) is 2.03. The standard InChI is InChI=1S/C13H15NO3/c1-3-8-14-13(15)11-6-4-5-7-12(11)17-10-9-16-2/h1,4-7H,8-10H2,2H3,(H,14,15). The molecular formula is C13H15NO3. The van der Waals surface area contributed by atoms with Gasteiger partial charge in [0.05, 0.1) is 18.7 Å². The molecule has 0 heterocycles. The summed E-state index contributed by atoms with van der Waals surface area (Å²) in [5.41, 5.74) is 0.471. The largest absolute Gasteiger partial charge is 0.490 e. The molecule has 0 saturated carbocycles. The maximum Gasteiger partial charge on any atom is 0.255 e. The van der Waals surface area contributed by atoms with Gasteiger partial charge in [0.1, 0.15) is 12.4 Å². The fraction of sp³-hybridized carbons (Fsp3) is 0.308. The Hall–Kier alpha value is -1.99.